The molecule has 84 valence electrons. The van der Waals surface area contributed by atoms with Crippen LogP contribution in [0.1, 0.15) is 17.5 Å². The number of nitrogens with zero attached hydrogens (tertiary/aromatic N) is 3. The third kappa shape index (κ3) is 1.86. The Morgan fingerprint density at radius 2 is 2.38 bits per heavy atom. The second-order valence-corrected chi connectivity index (χ2v) is 3.88. The molecule has 0 aliphatic carbocycles. The molecule has 0 bridgehead atoms. The smallest absolute Gasteiger partial charge is 0.303 e. The van der Waals surface area contributed by atoms with Gasteiger partial charge in [0, 0.05) is 12.6 Å². The first-order chi connectivity index (χ1) is 7.59. The molecule has 2 aromatic heterocycles. The van der Waals surface area contributed by atoms with E-state index >= 15 is 0 Å². The van der Waals surface area contributed by atoms with Crippen molar-refractivity contribution < 1.29 is 9.90 Å². The van der Waals surface area contributed by atoms with Gasteiger partial charge in [0.15, 0.2) is 5.15 Å². The Kier molecular flexibility index (Phi) is 2.78. The van der Waals surface area contributed by atoms with Gasteiger partial charge < -0.3 is 5.11 Å². The van der Waals surface area contributed by atoms with Crippen LogP contribution < -0.4 is 0 Å². The van der Waals surface area contributed by atoms with Crippen LogP contribution in [-0.4, -0.2) is 25.7 Å². The number of aliphatic carboxylic acids is 1. The molecule has 0 unspecified atom stereocenters. The zero-order chi connectivity index (χ0) is 11.7. The van der Waals surface area contributed by atoms with Gasteiger partial charge in [0.1, 0.15) is 11.8 Å². The van der Waals surface area contributed by atoms with Crippen molar-refractivity contribution >= 4 is 23.1 Å². The lowest BCUT2D eigenvalue weighted by atomic mass is 10.1. The number of hydrogen-bond acceptors (Lipinski definition) is 3. The molecule has 0 saturated carbocycles. The quantitative estimate of drug-likeness (QED) is 0.885. The minimum Gasteiger partial charge on any atom is -0.481 e. The first-order valence-electron chi connectivity index (χ1n) is 4.78. The maximum atomic E-state index is 10.5. The molecule has 2 heterocycles. The second kappa shape index (κ2) is 4.09. The largest absolute Gasteiger partial charge is 0.481 e. The summed E-state index contributed by atoms with van der Waals surface area (Å²) in [7, 11) is 0. The van der Waals surface area contributed by atoms with E-state index < -0.39 is 5.97 Å². The van der Waals surface area contributed by atoms with Gasteiger partial charge in [0.2, 0.25) is 0 Å². The Labute approximate surface area is 96.7 Å². The van der Waals surface area contributed by atoms with Crippen LogP contribution in [0.2, 0.25) is 5.15 Å². The van der Waals surface area contributed by atoms with Crippen molar-refractivity contribution in [1.82, 2.24) is 14.6 Å². The van der Waals surface area contributed by atoms with Gasteiger partial charge in [-0.1, -0.05) is 11.6 Å². The van der Waals surface area contributed by atoms with E-state index in [-0.39, 0.29) is 6.42 Å². The fourth-order valence-corrected chi connectivity index (χ4v) is 1.93. The summed E-state index contributed by atoms with van der Waals surface area (Å²) in [6.07, 6.45) is 3.74. The van der Waals surface area contributed by atoms with Crippen molar-refractivity contribution in [3.05, 3.63) is 28.8 Å². The summed E-state index contributed by atoms with van der Waals surface area (Å²) in [5, 5.41) is 13.0. The van der Waals surface area contributed by atoms with Gasteiger partial charge in [-0.05, 0) is 24.5 Å². The maximum absolute atomic E-state index is 10.5. The fourth-order valence-electron chi connectivity index (χ4n) is 1.66. The maximum Gasteiger partial charge on any atom is 0.303 e. The highest BCUT2D eigenvalue weighted by Crippen LogP contribution is 2.22. The molecule has 0 amide bonds. The summed E-state index contributed by atoms with van der Waals surface area (Å²) in [5.41, 5.74) is 2.61. The van der Waals surface area contributed by atoms with Crippen molar-refractivity contribution in [2.75, 3.05) is 0 Å². The van der Waals surface area contributed by atoms with Gasteiger partial charge in [-0.15, -0.1) is 0 Å². The highest BCUT2D eigenvalue weighted by molar-refractivity contribution is 6.32. The topological polar surface area (TPSA) is 67.5 Å². The highest BCUT2D eigenvalue weighted by Gasteiger charge is 2.11. The molecule has 0 atom stereocenters. The van der Waals surface area contributed by atoms with Gasteiger partial charge in [0.05, 0.1) is 0 Å². The number of carboxylic acid groups (broad SMARTS) is 1. The summed E-state index contributed by atoms with van der Waals surface area (Å²) in [6.45, 7) is 1.89. The average Bonchev–Trinajstić information content (AvgIpc) is 2.54. The highest BCUT2D eigenvalue weighted by atomic mass is 35.5. The molecule has 0 aliphatic rings. The first kappa shape index (κ1) is 10.9. The van der Waals surface area contributed by atoms with E-state index in [9.17, 15) is 4.79 Å². The molecule has 1 N–H and O–H groups in total. The number of hydrogen-bond donors (Lipinski definition) is 1. The van der Waals surface area contributed by atoms with E-state index in [1.54, 1.807) is 10.7 Å². The molecular formula is C10H10ClN3O2. The van der Waals surface area contributed by atoms with E-state index in [0.29, 0.717) is 11.6 Å². The number of halogens is 1. The molecule has 0 spiro atoms. The Balaban J connectivity index is 2.44. The van der Waals surface area contributed by atoms with Crippen molar-refractivity contribution in [3.63, 3.8) is 0 Å². The average molecular weight is 240 g/mol. The number of rotatable bonds is 3. The van der Waals surface area contributed by atoms with Crippen LogP contribution >= 0.6 is 11.6 Å². The minimum atomic E-state index is -0.813. The molecule has 16 heavy (non-hydrogen) atoms. The molecule has 2 rings (SSSR count). The van der Waals surface area contributed by atoms with Gasteiger partial charge in [0.25, 0.3) is 0 Å². The predicted octanol–water partition coefficient (Wildman–Crippen LogP) is 1.71. The zero-order valence-corrected chi connectivity index (χ0v) is 9.40. The van der Waals surface area contributed by atoms with Gasteiger partial charge in [-0.2, -0.15) is 5.10 Å². The first-order valence-corrected chi connectivity index (χ1v) is 5.16. The lowest BCUT2D eigenvalue weighted by molar-refractivity contribution is -0.136. The molecule has 0 saturated heterocycles. The summed E-state index contributed by atoms with van der Waals surface area (Å²) in [5.74, 6) is -0.813. The van der Waals surface area contributed by atoms with Gasteiger partial charge >= 0.3 is 5.97 Å². The molecule has 0 radical (unpaired) electrons. The standard InChI is InChI=1S/C10H10ClN3O2/c1-6-7(2-3-8(15)16)4-14-9(6)10(11)12-5-13-14/h4-5H,2-3H2,1H3,(H,15,16). The van der Waals surface area contributed by atoms with Crippen LogP contribution in [0.25, 0.3) is 5.52 Å². The second-order valence-electron chi connectivity index (χ2n) is 3.52. The van der Waals surface area contributed by atoms with Crippen LogP contribution in [0, 0.1) is 6.92 Å². The molecular weight excluding hydrogens is 230 g/mol. The van der Waals surface area contributed by atoms with Crippen LogP contribution in [-0.2, 0) is 11.2 Å². The fraction of sp³-hybridized carbons (Fsp3) is 0.300. The summed E-state index contributed by atoms with van der Waals surface area (Å²) in [4.78, 5) is 14.4. The molecule has 0 aliphatic heterocycles. The summed E-state index contributed by atoms with van der Waals surface area (Å²) >= 11 is 5.95. The number of fused-ring (bicyclic) bond motifs is 1. The van der Waals surface area contributed by atoms with Crippen molar-refractivity contribution in [3.8, 4) is 0 Å². The summed E-state index contributed by atoms with van der Waals surface area (Å²) < 4.78 is 1.63. The zero-order valence-electron chi connectivity index (χ0n) is 8.64. The third-order valence-corrected chi connectivity index (χ3v) is 2.77. The SMILES string of the molecule is Cc1c(CCC(=O)O)cn2ncnc(Cl)c12. The van der Waals surface area contributed by atoms with Crippen molar-refractivity contribution in [2.45, 2.75) is 19.8 Å². The van der Waals surface area contributed by atoms with E-state index in [4.69, 9.17) is 16.7 Å². The molecule has 5 nitrogen and oxygen atoms in total. The number of aryl methyl sites for hydroxylation is 2. The Morgan fingerprint density at radius 1 is 1.62 bits per heavy atom. The Hall–Kier alpha value is -1.62. The number of carbonyl (C=O) groups is 1. The monoisotopic (exact) mass is 239 g/mol. The van der Waals surface area contributed by atoms with E-state index in [2.05, 4.69) is 10.1 Å². The molecule has 2 aromatic rings. The minimum absolute atomic E-state index is 0.1000. The molecule has 0 aromatic carbocycles. The van der Waals surface area contributed by atoms with Gasteiger partial charge in [-0.25, -0.2) is 9.50 Å². The summed E-state index contributed by atoms with van der Waals surface area (Å²) in [6, 6.07) is 0. The van der Waals surface area contributed by atoms with E-state index in [0.717, 1.165) is 16.6 Å². The van der Waals surface area contributed by atoms with Crippen LogP contribution in [0.5, 0.6) is 0 Å². The Morgan fingerprint density at radius 3 is 3.00 bits per heavy atom. The van der Waals surface area contributed by atoms with Crippen molar-refractivity contribution in [2.24, 2.45) is 0 Å². The molecule has 6 heteroatoms. The van der Waals surface area contributed by atoms with E-state index in [1.807, 2.05) is 6.92 Å². The lowest BCUT2D eigenvalue weighted by Gasteiger charge is -1.96. The van der Waals surface area contributed by atoms with Crippen molar-refractivity contribution in [1.29, 1.82) is 0 Å². The predicted molar refractivity (Wildman–Crippen MR) is 58.7 cm³/mol. The van der Waals surface area contributed by atoms with Crippen LogP contribution in [0.4, 0.5) is 0 Å². The Bertz CT molecular complexity index is 550. The van der Waals surface area contributed by atoms with Gasteiger partial charge in [-0.3, -0.25) is 4.79 Å². The number of carboxylic acids is 1. The molecule has 0 fully saturated rings. The van der Waals surface area contributed by atoms with Crippen LogP contribution in [0.15, 0.2) is 12.5 Å². The third-order valence-electron chi connectivity index (χ3n) is 2.49. The van der Waals surface area contributed by atoms with E-state index in [1.165, 1.54) is 6.33 Å². The number of aromatic nitrogens is 3. The van der Waals surface area contributed by atoms with Crippen LogP contribution in [0.3, 0.4) is 0 Å². The lowest BCUT2D eigenvalue weighted by Crippen LogP contribution is -1.97. The normalized spacial score (nSPS) is 10.9.